The van der Waals surface area contributed by atoms with E-state index in [1.165, 1.54) is 23.1 Å². The van der Waals surface area contributed by atoms with Crippen LogP contribution < -0.4 is 11.3 Å². The topological polar surface area (TPSA) is 70.0 Å². The van der Waals surface area contributed by atoms with Crippen molar-refractivity contribution < 1.29 is 4.42 Å². The fourth-order valence-electron chi connectivity index (χ4n) is 2.56. The summed E-state index contributed by atoms with van der Waals surface area (Å²) in [5.74, 6) is 0.244. The van der Waals surface area contributed by atoms with Gasteiger partial charge in [0, 0.05) is 19.3 Å². The minimum Gasteiger partial charge on any atom is -0.408 e. The molecule has 0 aliphatic rings. The van der Waals surface area contributed by atoms with E-state index in [1.54, 1.807) is 28.3 Å². The van der Waals surface area contributed by atoms with Gasteiger partial charge in [0.1, 0.15) is 4.83 Å². The standard InChI is InChI=1S/C16H13N3O3S2/c1-18-14(20)10-6-8-23-13(10)17-15(18)24-9-7-19-11-4-2-3-5-12(11)22-16(19)21/h2-6,8H,7,9H2,1H3. The third kappa shape index (κ3) is 2.47. The lowest BCUT2D eigenvalue weighted by molar-refractivity contribution is 0.514. The molecule has 0 N–H and O–H groups in total. The number of hydrogen-bond acceptors (Lipinski definition) is 6. The van der Waals surface area contributed by atoms with E-state index in [9.17, 15) is 9.59 Å². The number of aromatic nitrogens is 3. The first-order valence-corrected chi connectivity index (χ1v) is 9.17. The maximum atomic E-state index is 12.3. The number of rotatable bonds is 4. The number of thiophene rings is 1. The van der Waals surface area contributed by atoms with Crippen LogP contribution in [0.4, 0.5) is 0 Å². The van der Waals surface area contributed by atoms with Gasteiger partial charge in [0.05, 0.1) is 10.9 Å². The van der Waals surface area contributed by atoms with Gasteiger partial charge in [-0.25, -0.2) is 9.78 Å². The second-order valence-corrected chi connectivity index (χ2v) is 7.19. The maximum Gasteiger partial charge on any atom is 0.419 e. The van der Waals surface area contributed by atoms with E-state index in [4.69, 9.17) is 4.42 Å². The predicted molar refractivity (Wildman–Crippen MR) is 96.1 cm³/mol. The molecule has 122 valence electrons. The summed E-state index contributed by atoms with van der Waals surface area (Å²) >= 11 is 2.90. The van der Waals surface area contributed by atoms with Crippen molar-refractivity contribution in [1.82, 2.24) is 14.1 Å². The molecule has 24 heavy (non-hydrogen) atoms. The molecule has 0 unspecified atom stereocenters. The molecule has 6 nitrogen and oxygen atoms in total. The average molecular weight is 359 g/mol. The Morgan fingerprint density at radius 2 is 2.08 bits per heavy atom. The van der Waals surface area contributed by atoms with Crippen LogP contribution in [-0.4, -0.2) is 19.9 Å². The lowest BCUT2D eigenvalue weighted by Crippen LogP contribution is -2.20. The Labute approximate surface area is 144 Å². The molecular formula is C16H13N3O3S2. The zero-order chi connectivity index (χ0) is 16.7. The predicted octanol–water partition coefficient (Wildman–Crippen LogP) is 2.70. The minimum atomic E-state index is -0.368. The van der Waals surface area contributed by atoms with Crippen LogP contribution in [-0.2, 0) is 13.6 Å². The van der Waals surface area contributed by atoms with Crippen LogP contribution in [0.1, 0.15) is 0 Å². The number of para-hydroxylation sites is 2. The quantitative estimate of drug-likeness (QED) is 0.414. The van der Waals surface area contributed by atoms with Gasteiger partial charge in [-0.05, 0) is 23.6 Å². The van der Waals surface area contributed by atoms with Crippen LogP contribution >= 0.6 is 23.1 Å². The van der Waals surface area contributed by atoms with Gasteiger partial charge in [0.2, 0.25) is 0 Å². The number of aryl methyl sites for hydroxylation is 1. The number of oxazole rings is 1. The summed E-state index contributed by atoms with van der Waals surface area (Å²) in [6.45, 7) is 0.485. The summed E-state index contributed by atoms with van der Waals surface area (Å²) in [7, 11) is 1.72. The third-order valence-corrected chi connectivity index (χ3v) is 5.60. The Morgan fingerprint density at radius 1 is 1.25 bits per heavy atom. The molecule has 0 amide bonds. The van der Waals surface area contributed by atoms with Crippen molar-refractivity contribution in [3.63, 3.8) is 0 Å². The Balaban J connectivity index is 1.59. The van der Waals surface area contributed by atoms with Crippen molar-refractivity contribution in [1.29, 1.82) is 0 Å². The van der Waals surface area contributed by atoms with E-state index < -0.39 is 0 Å². The van der Waals surface area contributed by atoms with Crippen LogP contribution in [0.5, 0.6) is 0 Å². The molecular weight excluding hydrogens is 346 g/mol. The van der Waals surface area contributed by atoms with E-state index in [-0.39, 0.29) is 11.3 Å². The first kappa shape index (κ1) is 15.2. The Bertz CT molecular complexity index is 1150. The van der Waals surface area contributed by atoms with Crippen molar-refractivity contribution in [2.75, 3.05) is 5.75 Å². The summed E-state index contributed by atoms with van der Waals surface area (Å²) in [6.07, 6.45) is 0. The molecule has 0 saturated heterocycles. The van der Waals surface area contributed by atoms with Gasteiger partial charge in [-0.1, -0.05) is 23.9 Å². The second kappa shape index (κ2) is 5.95. The zero-order valence-electron chi connectivity index (χ0n) is 12.8. The minimum absolute atomic E-state index is 0.0466. The Morgan fingerprint density at radius 3 is 2.96 bits per heavy atom. The first-order chi connectivity index (χ1) is 11.6. The van der Waals surface area contributed by atoms with Gasteiger partial charge in [0.25, 0.3) is 5.56 Å². The van der Waals surface area contributed by atoms with Crippen LogP contribution in [0, 0.1) is 0 Å². The zero-order valence-corrected chi connectivity index (χ0v) is 14.4. The average Bonchev–Trinajstić information content (AvgIpc) is 3.16. The molecule has 0 aliphatic carbocycles. The van der Waals surface area contributed by atoms with E-state index in [1.807, 2.05) is 23.6 Å². The molecule has 0 fully saturated rings. The van der Waals surface area contributed by atoms with E-state index in [0.29, 0.717) is 28.4 Å². The van der Waals surface area contributed by atoms with Crippen molar-refractivity contribution >= 4 is 44.4 Å². The number of nitrogens with zero attached hydrogens (tertiary/aromatic N) is 3. The van der Waals surface area contributed by atoms with Gasteiger partial charge in [-0.3, -0.25) is 13.9 Å². The normalized spacial score (nSPS) is 11.5. The first-order valence-electron chi connectivity index (χ1n) is 7.30. The monoisotopic (exact) mass is 359 g/mol. The highest BCUT2D eigenvalue weighted by atomic mass is 32.2. The second-order valence-electron chi connectivity index (χ2n) is 5.23. The van der Waals surface area contributed by atoms with Crippen LogP contribution in [0.25, 0.3) is 21.3 Å². The van der Waals surface area contributed by atoms with Gasteiger partial charge < -0.3 is 4.42 Å². The molecule has 3 aromatic heterocycles. The summed E-state index contributed by atoms with van der Waals surface area (Å²) < 4.78 is 8.37. The molecule has 4 rings (SSSR count). The molecule has 0 spiro atoms. The molecule has 4 aromatic rings. The number of benzene rings is 1. The summed E-state index contributed by atoms with van der Waals surface area (Å²) in [6, 6.07) is 9.13. The summed E-state index contributed by atoms with van der Waals surface area (Å²) in [5.41, 5.74) is 1.31. The van der Waals surface area contributed by atoms with Crippen LogP contribution in [0.3, 0.4) is 0 Å². The largest absolute Gasteiger partial charge is 0.419 e. The van der Waals surface area contributed by atoms with Crippen LogP contribution in [0.15, 0.2) is 54.9 Å². The van der Waals surface area contributed by atoms with Crippen molar-refractivity contribution in [3.05, 3.63) is 56.6 Å². The number of hydrogen-bond donors (Lipinski definition) is 0. The SMILES string of the molecule is Cn1c(SCCn2c(=O)oc3ccccc32)nc2sccc2c1=O. The lowest BCUT2D eigenvalue weighted by Gasteiger charge is -2.07. The smallest absolute Gasteiger partial charge is 0.408 e. The summed E-state index contributed by atoms with van der Waals surface area (Å²) in [4.78, 5) is 29.5. The van der Waals surface area contributed by atoms with Crippen molar-refractivity contribution in [3.8, 4) is 0 Å². The molecule has 1 aromatic carbocycles. The highest BCUT2D eigenvalue weighted by molar-refractivity contribution is 7.99. The number of fused-ring (bicyclic) bond motifs is 2. The highest BCUT2D eigenvalue weighted by Crippen LogP contribution is 2.21. The number of thioether (sulfide) groups is 1. The van der Waals surface area contributed by atoms with E-state index >= 15 is 0 Å². The van der Waals surface area contributed by atoms with E-state index in [2.05, 4.69) is 4.98 Å². The molecule has 0 bridgehead atoms. The molecule has 0 radical (unpaired) electrons. The molecule has 0 saturated carbocycles. The van der Waals surface area contributed by atoms with E-state index in [0.717, 1.165) is 10.3 Å². The van der Waals surface area contributed by atoms with Crippen molar-refractivity contribution in [2.45, 2.75) is 11.7 Å². The lowest BCUT2D eigenvalue weighted by atomic mass is 10.3. The van der Waals surface area contributed by atoms with Crippen LogP contribution in [0.2, 0.25) is 0 Å². The fraction of sp³-hybridized carbons (Fsp3) is 0.188. The summed E-state index contributed by atoms with van der Waals surface area (Å²) in [5, 5.41) is 3.16. The van der Waals surface area contributed by atoms with Crippen molar-refractivity contribution in [2.24, 2.45) is 7.05 Å². The van der Waals surface area contributed by atoms with Gasteiger partial charge in [0.15, 0.2) is 10.7 Å². The molecule has 8 heteroatoms. The maximum absolute atomic E-state index is 12.3. The third-order valence-electron chi connectivity index (χ3n) is 3.78. The van der Waals surface area contributed by atoms with Gasteiger partial charge >= 0.3 is 5.76 Å². The fourth-order valence-corrected chi connectivity index (χ4v) is 4.26. The molecule has 0 aliphatic heterocycles. The van der Waals surface area contributed by atoms with Gasteiger partial charge in [-0.2, -0.15) is 0 Å². The highest BCUT2D eigenvalue weighted by Gasteiger charge is 2.11. The van der Waals surface area contributed by atoms with Gasteiger partial charge in [-0.15, -0.1) is 11.3 Å². The molecule has 0 atom stereocenters. The Hall–Kier alpha value is -2.32. The molecule has 3 heterocycles. The Kier molecular flexibility index (Phi) is 3.78.